The molecule has 112 valence electrons. The fraction of sp³-hybridized carbons (Fsp3) is 0.375. The van der Waals surface area contributed by atoms with Crippen LogP contribution in [-0.2, 0) is 11.3 Å². The number of amides is 1. The Morgan fingerprint density at radius 1 is 1.38 bits per heavy atom. The van der Waals surface area contributed by atoms with Gasteiger partial charge in [0.1, 0.15) is 0 Å². The Morgan fingerprint density at radius 2 is 2.19 bits per heavy atom. The Morgan fingerprint density at radius 3 is 2.90 bits per heavy atom. The van der Waals surface area contributed by atoms with Gasteiger partial charge < -0.3 is 11.1 Å². The minimum atomic E-state index is -0.0358. The number of aromatic nitrogens is 2. The fourth-order valence-electron chi connectivity index (χ4n) is 2.16. The van der Waals surface area contributed by atoms with E-state index in [1.807, 2.05) is 48.1 Å². The second-order valence-electron chi connectivity index (χ2n) is 5.18. The van der Waals surface area contributed by atoms with Crippen LogP contribution in [0.15, 0.2) is 42.7 Å². The van der Waals surface area contributed by atoms with Gasteiger partial charge in [0.15, 0.2) is 0 Å². The van der Waals surface area contributed by atoms with Crippen LogP contribution in [0.25, 0.3) is 0 Å². The maximum Gasteiger partial charge on any atom is 0.227 e. The Balaban J connectivity index is 2.04. The first kappa shape index (κ1) is 15.3. The summed E-state index contributed by atoms with van der Waals surface area (Å²) in [5.41, 5.74) is 7.38. The lowest BCUT2D eigenvalue weighted by Crippen LogP contribution is -2.22. The third-order valence-electron chi connectivity index (χ3n) is 3.46. The Kier molecular flexibility index (Phi) is 5.51. The molecule has 1 atom stereocenters. The monoisotopic (exact) mass is 286 g/mol. The highest BCUT2D eigenvalue weighted by atomic mass is 16.1. The molecular weight excluding hydrogens is 264 g/mol. The molecule has 1 unspecified atom stereocenters. The maximum atomic E-state index is 12.2. The largest absolute Gasteiger partial charge is 0.330 e. The Hall–Kier alpha value is -2.14. The topological polar surface area (TPSA) is 72.9 Å². The van der Waals surface area contributed by atoms with E-state index in [1.165, 1.54) is 0 Å². The van der Waals surface area contributed by atoms with Crippen molar-refractivity contribution in [2.24, 2.45) is 11.7 Å². The number of carbonyl (C=O) groups excluding carboxylic acids is 1. The van der Waals surface area contributed by atoms with Gasteiger partial charge in [-0.15, -0.1) is 0 Å². The van der Waals surface area contributed by atoms with Gasteiger partial charge >= 0.3 is 0 Å². The molecule has 2 aromatic rings. The number of para-hydroxylation sites is 1. The zero-order valence-corrected chi connectivity index (χ0v) is 12.3. The lowest BCUT2D eigenvalue weighted by atomic mass is 10.0. The molecule has 0 radical (unpaired) electrons. The third-order valence-corrected chi connectivity index (χ3v) is 3.46. The molecule has 1 heterocycles. The predicted molar refractivity (Wildman–Crippen MR) is 83.9 cm³/mol. The van der Waals surface area contributed by atoms with Crippen molar-refractivity contribution in [3.8, 4) is 0 Å². The van der Waals surface area contributed by atoms with E-state index in [4.69, 9.17) is 5.73 Å². The first-order valence-electron chi connectivity index (χ1n) is 7.27. The van der Waals surface area contributed by atoms with Crippen molar-refractivity contribution in [3.05, 3.63) is 48.3 Å². The minimum absolute atomic E-state index is 0.0358. The molecule has 0 spiro atoms. The summed E-state index contributed by atoms with van der Waals surface area (Å²) in [6.07, 6.45) is 5.33. The molecule has 0 saturated carbocycles. The molecule has 5 heteroatoms. The van der Waals surface area contributed by atoms with Gasteiger partial charge in [-0.3, -0.25) is 9.48 Å². The number of nitrogens with zero attached hydrogens (tertiary/aromatic N) is 2. The molecule has 0 aliphatic rings. The smallest absolute Gasteiger partial charge is 0.227 e. The van der Waals surface area contributed by atoms with Crippen LogP contribution in [0.3, 0.4) is 0 Å². The van der Waals surface area contributed by atoms with Crippen LogP contribution in [0, 0.1) is 5.92 Å². The van der Waals surface area contributed by atoms with E-state index in [0.29, 0.717) is 13.1 Å². The first-order chi connectivity index (χ1) is 10.2. The average molecular weight is 286 g/mol. The van der Waals surface area contributed by atoms with Crippen LogP contribution < -0.4 is 11.1 Å². The van der Waals surface area contributed by atoms with Crippen molar-refractivity contribution in [2.75, 3.05) is 11.9 Å². The van der Waals surface area contributed by atoms with Crippen molar-refractivity contribution >= 4 is 11.6 Å². The van der Waals surface area contributed by atoms with E-state index in [0.717, 1.165) is 24.1 Å². The lowest BCUT2D eigenvalue weighted by Gasteiger charge is -2.14. The summed E-state index contributed by atoms with van der Waals surface area (Å²) in [5, 5.41) is 7.21. The van der Waals surface area contributed by atoms with Crippen molar-refractivity contribution in [3.63, 3.8) is 0 Å². The minimum Gasteiger partial charge on any atom is -0.330 e. The number of hydrogen-bond acceptors (Lipinski definition) is 3. The molecule has 0 saturated heterocycles. The summed E-state index contributed by atoms with van der Waals surface area (Å²) >= 11 is 0. The molecule has 0 bridgehead atoms. The van der Waals surface area contributed by atoms with Crippen molar-refractivity contribution in [2.45, 2.75) is 26.3 Å². The van der Waals surface area contributed by atoms with Crippen LogP contribution in [0.5, 0.6) is 0 Å². The van der Waals surface area contributed by atoms with E-state index >= 15 is 0 Å². The third kappa shape index (κ3) is 4.43. The predicted octanol–water partition coefficient (Wildman–Crippen LogP) is 2.24. The number of anilines is 1. The van der Waals surface area contributed by atoms with E-state index in [-0.39, 0.29) is 11.8 Å². The van der Waals surface area contributed by atoms with Gasteiger partial charge in [-0.2, -0.15) is 5.10 Å². The molecule has 0 aliphatic heterocycles. The number of carbonyl (C=O) groups is 1. The quantitative estimate of drug-likeness (QED) is 0.820. The molecule has 1 aromatic carbocycles. The average Bonchev–Trinajstić information content (AvgIpc) is 2.99. The normalized spacial score (nSPS) is 12.1. The van der Waals surface area contributed by atoms with Gasteiger partial charge in [0.25, 0.3) is 0 Å². The second kappa shape index (κ2) is 7.59. The van der Waals surface area contributed by atoms with Gasteiger partial charge in [-0.25, -0.2) is 0 Å². The highest BCUT2D eigenvalue weighted by molar-refractivity contribution is 5.93. The van der Waals surface area contributed by atoms with Crippen molar-refractivity contribution in [1.29, 1.82) is 0 Å². The molecule has 0 fully saturated rings. The Labute approximate surface area is 125 Å². The summed E-state index contributed by atoms with van der Waals surface area (Å²) in [7, 11) is 0. The highest BCUT2D eigenvalue weighted by Crippen LogP contribution is 2.18. The molecule has 1 aromatic heterocycles. The van der Waals surface area contributed by atoms with E-state index in [1.54, 1.807) is 6.20 Å². The van der Waals surface area contributed by atoms with Crippen LogP contribution >= 0.6 is 0 Å². The number of benzene rings is 1. The number of hydrogen-bond donors (Lipinski definition) is 2. The molecular formula is C16H22N4O. The van der Waals surface area contributed by atoms with Crippen LogP contribution in [0.2, 0.25) is 0 Å². The lowest BCUT2D eigenvalue weighted by molar-refractivity contribution is -0.119. The van der Waals surface area contributed by atoms with Gasteiger partial charge in [0.05, 0.1) is 6.54 Å². The zero-order chi connectivity index (χ0) is 15.1. The van der Waals surface area contributed by atoms with Crippen LogP contribution in [0.4, 0.5) is 5.69 Å². The highest BCUT2D eigenvalue weighted by Gasteiger charge is 2.14. The fourth-order valence-corrected chi connectivity index (χ4v) is 2.16. The zero-order valence-electron chi connectivity index (χ0n) is 12.3. The van der Waals surface area contributed by atoms with Gasteiger partial charge in [-0.05, 0) is 37.1 Å². The molecule has 0 aliphatic carbocycles. The number of nitrogens with one attached hydrogen (secondary N) is 1. The summed E-state index contributed by atoms with van der Waals surface area (Å²) in [6, 6.07) is 9.70. The number of nitrogens with two attached hydrogens (primary N) is 1. The summed E-state index contributed by atoms with van der Waals surface area (Å²) < 4.78 is 1.84. The van der Waals surface area contributed by atoms with Crippen molar-refractivity contribution in [1.82, 2.24) is 9.78 Å². The van der Waals surface area contributed by atoms with E-state index < -0.39 is 0 Å². The van der Waals surface area contributed by atoms with Crippen LogP contribution in [-0.4, -0.2) is 22.2 Å². The molecule has 2 rings (SSSR count). The molecule has 1 amide bonds. The van der Waals surface area contributed by atoms with Crippen molar-refractivity contribution < 1.29 is 4.79 Å². The SMILES string of the molecule is CC(CCCN)C(=O)Nc1ccccc1Cn1cccn1. The molecule has 21 heavy (non-hydrogen) atoms. The summed E-state index contributed by atoms with van der Waals surface area (Å²) in [5.74, 6) is 0.00248. The van der Waals surface area contributed by atoms with Gasteiger partial charge in [0.2, 0.25) is 5.91 Å². The van der Waals surface area contributed by atoms with E-state index in [2.05, 4.69) is 10.4 Å². The van der Waals surface area contributed by atoms with Crippen LogP contribution in [0.1, 0.15) is 25.3 Å². The number of rotatable bonds is 7. The summed E-state index contributed by atoms with van der Waals surface area (Å²) in [6.45, 7) is 3.19. The van der Waals surface area contributed by atoms with Gasteiger partial charge in [-0.1, -0.05) is 25.1 Å². The standard InChI is InChI=1S/C16H22N4O/c1-13(6-4-9-17)16(21)19-15-8-3-2-7-14(15)12-20-11-5-10-18-20/h2-3,5,7-8,10-11,13H,4,6,9,12,17H2,1H3,(H,19,21). The first-order valence-corrected chi connectivity index (χ1v) is 7.27. The molecule has 5 nitrogen and oxygen atoms in total. The summed E-state index contributed by atoms with van der Waals surface area (Å²) in [4.78, 5) is 12.2. The maximum absolute atomic E-state index is 12.2. The van der Waals surface area contributed by atoms with E-state index in [9.17, 15) is 4.79 Å². The van der Waals surface area contributed by atoms with Gasteiger partial charge in [0, 0.05) is 24.0 Å². The Bertz CT molecular complexity index is 565. The second-order valence-corrected chi connectivity index (χ2v) is 5.18. The molecule has 3 N–H and O–H groups in total.